The van der Waals surface area contributed by atoms with Crippen molar-refractivity contribution in [3.8, 4) is 10.6 Å². The molecule has 1 saturated carbocycles. The smallest absolute Gasteiger partial charge is 0.308 e. The molecule has 6 nitrogen and oxygen atoms in total. The minimum Gasteiger partial charge on any atom is -0.469 e. The number of fused-ring (bicyclic) bond motifs is 1. The summed E-state index contributed by atoms with van der Waals surface area (Å²) >= 11 is 1.74. The second-order valence-corrected chi connectivity index (χ2v) is 8.97. The van der Waals surface area contributed by atoms with E-state index in [9.17, 15) is 9.59 Å². The summed E-state index contributed by atoms with van der Waals surface area (Å²) in [5.41, 5.74) is 4.03. The van der Waals surface area contributed by atoms with Gasteiger partial charge in [0.25, 0.3) is 5.91 Å². The van der Waals surface area contributed by atoms with Gasteiger partial charge in [0.2, 0.25) is 0 Å². The third-order valence-electron chi connectivity index (χ3n) is 5.92. The van der Waals surface area contributed by atoms with Gasteiger partial charge >= 0.3 is 5.97 Å². The quantitative estimate of drug-likeness (QED) is 0.753. The van der Waals surface area contributed by atoms with E-state index in [0.29, 0.717) is 5.56 Å². The van der Waals surface area contributed by atoms with Crippen LogP contribution in [0, 0.1) is 12.8 Å². The second-order valence-electron chi connectivity index (χ2n) is 7.89. The number of ether oxygens (including phenoxy) is 1. The van der Waals surface area contributed by atoms with Gasteiger partial charge in [-0.3, -0.25) is 9.59 Å². The van der Waals surface area contributed by atoms with E-state index in [-0.39, 0.29) is 23.8 Å². The molecule has 0 radical (unpaired) electrons. The fraction of sp³-hybridized carbons (Fsp3) is 0.500. The number of aryl methyl sites for hydroxylation is 1. The van der Waals surface area contributed by atoms with Gasteiger partial charge in [0.15, 0.2) is 0 Å². The number of nitrogens with one attached hydrogen (secondary N) is 2. The Balaban J connectivity index is 1.41. The molecule has 0 spiro atoms. The average molecular weight is 414 g/mol. The number of aromatic nitrogens is 1. The Hall–Kier alpha value is -2.25. The minimum absolute atomic E-state index is 0.0333. The highest BCUT2D eigenvalue weighted by atomic mass is 32.1. The summed E-state index contributed by atoms with van der Waals surface area (Å²) in [5, 5.41) is 7.55. The summed E-state index contributed by atoms with van der Waals surface area (Å²) in [5.74, 6) is -0.224. The summed E-state index contributed by atoms with van der Waals surface area (Å²) in [7, 11) is 1.43. The van der Waals surface area contributed by atoms with Gasteiger partial charge in [-0.05, 0) is 50.3 Å². The van der Waals surface area contributed by atoms with Crippen molar-refractivity contribution in [1.82, 2.24) is 15.6 Å². The van der Waals surface area contributed by atoms with Crippen LogP contribution in [0.5, 0.6) is 0 Å². The van der Waals surface area contributed by atoms with Gasteiger partial charge in [-0.1, -0.05) is 6.07 Å². The molecule has 2 heterocycles. The number of rotatable bonds is 4. The van der Waals surface area contributed by atoms with Crippen LogP contribution in [-0.4, -0.2) is 36.6 Å². The molecule has 1 fully saturated rings. The zero-order chi connectivity index (χ0) is 20.4. The normalized spacial score (nSPS) is 21.3. The molecule has 7 heteroatoms. The number of methoxy groups -OCH3 is 1. The first-order valence-corrected chi connectivity index (χ1v) is 11.1. The Bertz CT molecular complexity index is 893. The Morgan fingerprint density at radius 2 is 2.03 bits per heavy atom. The number of carbonyl (C=O) groups excluding carboxylic acids is 2. The molecule has 1 aliphatic carbocycles. The van der Waals surface area contributed by atoms with Gasteiger partial charge in [0.1, 0.15) is 5.01 Å². The van der Waals surface area contributed by atoms with E-state index in [4.69, 9.17) is 9.72 Å². The molecule has 0 bridgehead atoms. The van der Waals surface area contributed by atoms with Crippen molar-refractivity contribution in [2.24, 2.45) is 5.92 Å². The maximum Gasteiger partial charge on any atom is 0.308 e. The maximum absolute atomic E-state index is 12.7. The van der Waals surface area contributed by atoms with Crippen molar-refractivity contribution in [2.45, 2.75) is 51.6 Å². The summed E-state index contributed by atoms with van der Waals surface area (Å²) in [6.07, 6.45) is 4.12. The van der Waals surface area contributed by atoms with Crippen LogP contribution in [0.2, 0.25) is 0 Å². The van der Waals surface area contributed by atoms with Crippen molar-refractivity contribution in [1.29, 1.82) is 0 Å². The SMILES string of the molecule is COC(=O)[C@H]1CC[C@H](NC(=O)c2ccc(-c3nc4c(s3)CNCC4)c(C)c2)CC1. The van der Waals surface area contributed by atoms with Crippen LogP contribution in [-0.2, 0) is 22.5 Å². The minimum atomic E-state index is -0.138. The Morgan fingerprint density at radius 3 is 2.72 bits per heavy atom. The van der Waals surface area contributed by atoms with Gasteiger partial charge < -0.3 is 15.4 Å². The zero-order valence-electron chi connectivity index (χ0n) is 16.9. The van der Waals surface area contributed by atoms with Gasteiger partial charge in [-0.2, -0.15) is 0 Å². The molecule has 0 unspecified atom stereocenters. The molecule has 0 saturated heterocycles. The van der Waals surface area contributed by atoms with Crippen molar-refractivity contribution in [3.63, 3.8) is 0 Å². The average Bonchev–Trinajstić information content (AvgIpc) is 3.17. The van der Waals surface area contributed by atoms with E-state index in [1.54, 1.807) is 11.3 Å². The second kappa shape index (κ2) is 8.63. The number of nitrogens with zero attached hydrogens (tertiary/aromatic N) is 1. The summed E-state index contributed by atoms with van der Waals surface area (Å²) < 4.78 is 4.83. The van der Waals surface area contributed by atoms with Gasteiger partial charge in [0.05, 0.1) is 18.7 Å². The zero-order valence-corrected chi connectivity index (χ0v) is 17.7. The predicted molar refractivity (Wildman–Crippen MR) is 113 cm³/mol. The first kappa shape index (κ1) is 20.0. The lowest BCUT2D eigenvalue weighted by molar-refractivity contribution is -0.146. The van der Waals surface area contributed by atoms with Crippen LogP contribution in [0.15, 0.2) is 18.2 Å². The standard InChI is InChI=1S/C22H27N3O3S/c1-13-11-15(20(26)24-16-6-3-14(4-7-16)22(27)28-2)5-8-17(13)21-25-18-9-10-23-12-19(18)29-21/h5,8,11,14,16,23H,3-4,6-7,9-10,12H2,1-2H3,(H,24,26)/t14-,16-. The first-order chi connectivity index (χ1) is 14.0. The number of esters is 1. The van der Waals surface area contributed by atoms with E-state index < -0.39 is 0 Å². The number of hydrogen-bond acceptors (Lipinski definition) is 6. The van der Waals surface area contributed by atoms with Crippen molar-refractivity contribution < 1.29 is 14.3 Å². The van der Waals surface area contributed by atoms with E-state index >= 15 is 0 Å². The fourth-order valence-corrected chi connectivity index (χ4v) is 5.36. The van der Waals surface area contributed by atoms with E-state index in [2.05, 4.69) is 10.6 Å². The summed E-state index contributed by atoms with van der Waals surface area (Å²) in [4.78, 5) is 30.5. The highest BCUT2D eigenvalue weighted by molar-refractivity contribution is 7.15. The Kier molecular flexibility index (Phi) is 5.96. The van der Waals surface area contributed by atoms with Gasteiger partial charge in [-0.25, -0.2) is 4.98 Å². The topological polar surface area (TPSA) is 80.3 Å². The van der Waals surface area contributed by atoms with Crippen LogP contribution in [0.25, 0.3) is 10.6 Å². The molecular weight excluding hydrogens is 386 g/mol. The molecule has 0 atom stereocenters. The fourth-order valence-electron chi connectivity index (χ4n) is 4.19. The molecule has 1 amide bonds. The van der Waals surface area contributed by atoms with Crippen LogP contribution in [0.1, 0.15) is 52.2 Å². The molecule has 2 aromatic rings. The van der Waals surface area contributed by atoms with Gasteiger partial charge in [0, 0.05) is 41.6 Å². The molecule has 1 aromatic carbocycles. The van der Waals surface area contributed by atoms with Crippen LogP contribution in [0.3, 0.4) is 0 Å². The number of hydrogen-bond donors (Lipinski definition) is 2. The lowest BCUT2D eigenvalue weighted by Crippen LogP contribution is -2.38. The van der Waals surface area contributed by atoms with Crippen molar-refractivity contribution in [3.05, 3.63) is 39.9 Å². The van der Waals surface area contributed by atoms with Crippen LogP contribution in [0.4, 0.5) is 0 Å². The molecule has 154 valence electrons. The van der Waals surface area contributed by atoms with E-state index in [1.807, 2.05) is 25.1 Å². The van der Waals surface area contributed by atoms with Crippen molar-refractivity contribution in [2.75, 3.05) is 13.7 Å². The number of carbonyl (C=O) groups is 2. The summed E-state index contributed by atoms with van der Waals surface area (Å²) in [6, 6.07) is 5.96. The van der Waals surface area contributed by atoms with Crippen molar-refractivity contribution >= 4 is 23.2 Å². The molecule has 1 aliphatic heterocycles. The molecule has 4 rings (SSSR count). The predicted octanol–water partition coefficient (Wildman–Crippen LogP) is 3.23. The Labute approximate surface area is 175 Å². The highest BCUT2D eigenvalue weighted by Gasteiger charge is 2.28. The first-order valence-electron chi connectivity index (χ1n) is 10.2. The molecule has 1 aromatic heterocycles. The van der Waals surface area contributed by atoms with E-state index in [1.165, 1.54) is 17.7 Å². The number of benzene rings is 1. The molecule has 2 N–H and O–H groups in total. The molecule has 29 heavy (non-hydrogen) atoms. The Morgan fingerprint density at radius 1 is 1.24 bits per heavy atom. The monoisotopic (exact) mass is 413 g/mol. The molecular formula is C22H27N3O3S. The third kappa shape index (κ3) is 4.36. The maximum atomic E-state index is 12.7. The van der Waals surface area contributed by atoms with Gasteiger partial charge in [-0.15, -0.1) is 11.3 Å². The lowest BCUT2D eigenvalue weighted by Gasteiger charge is -2.27. The number of amides is 1. The summed E-state index contributed by atoms with van der Waals surface area (Å²) in [6.45, 7) is 3.91. The largest absolute Gasteiger partial charge is 0.469 e. The molecule has 2 aliphatic rings. The third-order valence-corrected chi connectivity index (χ3v) is 7.05. The lowest BCUT2D eigenvalue weighted by atomic mass is 9.86. The van der Waals surface area contributed by atoms with Crippen LogP contribution >= 0.6 is 11.3 Å². The highest BCUT2D eigenvalue weighted by Crippen LogP contribution is 2.32. The van der Waals surface area contributed by atoms with Crippen LogP contribution < -0.4 is 10.6 Å². The van der Waals surface area contributed by atoms with E-state index in [0.717, 1.165) is 61.3 Å². The number of thiazole rings is 1.